The van der Waals surface area contributed by atoms with Gasteiger partial charge in [-0.05, 0) is 25.3 Å². The molecule has 30 heavy (non-hydrogen) atoms. The third-order valence-corrected chi connectivity index (χ3v) is 7.31. The average Bonchev–Trinajstić information content (AvgIpc) is 3.13. The van der Waals surface area contributed by atoms with Gasteiger partial charge in [-0.1, -0.05) is 18.5 Å². The Hall–Kier alpha value is -2.30. The van der Waals surface area contributed by atoms with Gasteiger partial charge in [-0.25, -0.2) is 27.8 Å². The number of sulfonamides is 1. The Morgan fingerprint density at radius 1 is 1.37 bits per heavy atom. The molecular weight excluding hydrogens is 431 g/mol. The largest absolute Gasteiger partial charge is 0.363 e. The lowest BCUT2D eigenvalue weighted by Crippen LogP contribution is -2.46. The molecule has 0 spiro atoms. The summed E-state index contributed by atoms with van der Waals surface area (Å²) in [6.45, 7) is 2.61. The number of fused-ring (bicyclic) bond motifs is 1. The van der Waals surface area contributed by atoms with E-state index in [1.807, 2.05) is 6.92 Å². The van der Waals surface area contributed by atoms with E-state index >= 15 is 0 Å². The molecular formula is C19H22ClFN6O2S. The van der Waals surface area contributed by atoms with Gasteiger partial charge in [-0.15, -0.1) is 0 Å². The van der Waals surface area contributed by atoms with Crippen LogP contribution >= 0.6 is 11.6 Å². The molecule has 11 heteroatoms. The van der Waals surface area contributed by atoms with Gasteiger partial charge in [0.1, 0.15) is 5.65 Å². The summed E-state index contributed by atoms with van der Waals surface area (Å²) in [4.78, 5) is 15.7. The summed E-state index contributed by atoms with van der Waals surface area (Å²) in [6.07, 6.45) is 6.32. The Bertz CT molecular complexity index is 1170. The predicted molar refractivity (Wildman–Crippen MR) is 114 cm³/mol. The van der Waals surface area contributed by atoms with Crippen LogP contribution in [0.3, 0.4) is 0 Å². The van der Waals surface area contributed by atoms with Crippen molar-refractivity contribution in [2.24, 2.45) is 0 Å². The quantitative estimate of drug-likeness (QED) is 0.593. The van der Waals surface area contributed by atoms with E-state index in [9.17, 15) is 12.8 Å². The van der Waals surface area contributed by atoms with Crippen molar-refractivity contribution >= 4 is 38.5 Å². The van der Waals surface area contributed by atoms with Gasteiger partial charge in [-0.2, -0.15) is 4.31 Å². The van der Waals surface area contributed by atoms with Crippen molar-refractivity contribution in [3.05, 3.63) is 35.5 Å². The molecule has 8 nitrogen and oxygen atoms in total. The summed E-state index contributed by atoms with van der Waals surface area (Å²) in [7, 11) is -3.30. The molecule has 0 amide bonds. The number of hydrogen-bond donors (Lipinski definition) is 2. The highest BCUT2D eigenvalue weighted by Gasteiger charge is 2.29. The van der Waals surface area contributed by atoms with Crippen LogP contribution in [0.25, 0.3) is 22.4 Å². The van der Waals surface area contributed by atoms with Gasteiger partial charge in [0.25, 0.3) is 0 Å². The van der Waals surface area contributed by atoms with Crippen LogP contribution in [-0.4, -0.2) is 57.5 Å². The van der Waals surface area contributed by atoms with E-state index in [2.05, 4.69) is 25.3 Å². The second kappa shape index (κ2) is 8.44. The summed E-state index contributed by atoms with van der Waals surface area (Å²) < 4.78 is 40.7. The molecule has 3 aromatic heterocycles. The van der Waals surface area contributed by atoms with Crippen LogP contribution in [0.4, 0.5) is 10.2 Å². The molecule has 0 bridgehead atoms. The van der Waals surface area contributed by atoms with E-state index in [1.54, 1.807) is 12.3 Å². The van der Waals surface area contributed by atoms with Gasteiger partial charge in [0.15, 0.2) is 17.5 Å². The number of anilines is 1. The molecule has 0 aliphatic carbocycles. The Morgan fingerprint density at radius 2 is 2.20 bits per heavy atom. The molecule has 160 valence electrons. The molecule has 2 N–H and O–H groups in total. The van der Waals surface area contributed by atoms with Crippen LogP contribution in [-0.2, 0) is 10.0 Å². The number of hydrogen-bond acceptors (Lipinski definition) is 6. The van der Waals surface area contributed by atoms with Crippen molar-refractivity contribution < 1.29 is 12.8 Å². The van der Waals surface area contributed by atoms with E-state index in [0.29, 0.717) is 41.4 Å². The van der Waals surface area contributed by atoms with E-state index in [0.717, 1.165) is 18.0 Å². The third-order valence-electron chi connectivity index (χ3n) is 5.06. The van der Waals surface area contributed by atoms with Crippen molar-refractivity contribution in [3.63, 3.8) is 0 Å². The third kappa shape index (κ3) is 4.26. The second-order valence-electron chi connectivity index (χ2n) is 7.30. The van der Waals surface area contributed by atoms with Gasteiger partial charge in [0.2, 0.25) is 10.0 Å². The Morgan fingerprint density at radius 3 is 3.00 bits per heavy atom. The first-order valence-electron chi connectivity index (χ1n) is 9.77. The maximum Gasteiger partial charge on any atom is 0.214 e. The molecule has 4 rings (SSSR count). The SMILES string of the molecule is CCCS(=O)(=O)N1CCC[C@@H](Nc2nc(-c3c[nH]c4ncc(Cl)cc34)ncc2F)C1. The molecule has 1 aliphatic rings. The zero-order valence-electron chi connectivity index (χ0n) is 16.4. The Labute approximate surface area is 178 Å². The number of aromatic amines is 1. The average molecular weight is 453 g/mol. The zero-order valence-corrected chi connectivity index (χ0v) is 18.0. The molecule has 0 saturated carbocycles. The maximum atomic E-state index is 14.4. The van der Waals surface area contributed by atoms with Crippen LogP contribution < -0.4 is 5.32 Å². The summed E-state index contributed by atoms with van der Waals surface area (Å²) in [6, 6.07) is 1.51. The van der Waals surface area contributed by atoms with Crippen molar-refractivity contribution in [2.75, 3.05) is 24.2 Å². The minimum Gasteiger partial charge on any atom is -0.363 e. The van der Waals surface area contributed by atoms with Crippen molar-refractivity contribution in [3.8, 4) is 11.4 Å². The van der Waals surface area contributed by atoms with Gasteiger partial charge in [0.05, 0.1) is 17.0 Å². The number of piperidine rings is 1. The fourth-order valence-electron chi connectivity index (χ4n) is 3.65. The highest BCUT2D eigenvalue weighted by molar-refractivity contribution is 7.89. The van der Waals surface area contributed by atoms with Gasteiger partial charge in [-0.3, -0.25) is 0 Å². The Kier molecular flexibility index (Phi) is 5.90. The van der Waals surface area contributed by atoms with E-state index in [1.165, 1.54) is 10.5 Å². The molecule has 4 heterocycles. The van der Waals surface area contributed by atoms with Crippen LogP contribution in [0.1, 0.15) is 26.2 Å². The number of rotatable bonds is 6. The number of halogens is 2. The second-order valence-corrected chi connectivity index (χ2v) is 9.82. The molecule has 1 fully saturated rings. The smallest absolute Gasteiger partial charge is 0.214 e. The first kappa shape index (κ1) is 21.0. The topological polar surface area (TPSA) is 104 Å². The fraction of sp³-hybridized carbons (Fsp3) is 0.421. The number of pyridine rings is 1. The Balaban J connectivity index is 1.59. The molecule has 0 radical (unpaired) electrons. The standard InChI is InChI=1S/C19H22ClFN6O2S/c1-2-6-30(28,29)27-5-3-4-13(11-27)25-19-16(21)10-24-18(26-19)15-9-23-17-14(15)7-12(20)8-22-17/h7-10,13H,2-6,11H2,1H3,(H,22,23)(H,24,25,26)/t13-/m1/s1. The number of nitrogens with one attached hydrogen (secondary N) is 2. The molecule has 1 aliphatic heterocycles. The highest BCUT2D eigenvalue weighted by atomic mass is 35.5. The summed E-state index contributed by atoms with van der Waals surface area (Å²) in [5.41, 5.74) is 1.28. The molecule has 0 aromatic carbocycles. The van der Waals surface area contributed by atoms with Crippen molar-refractivity contribution in [1.82, 2.24) is 24.2 Å². The number of nitrogens with zero attached hydrogens (tertiary/aromatic N) is 4. The monoisotopic (exact) mass is 452 g/mol. The minimum absolute atomic E-state index is 0.0454. The van der Waals surface area contributed by atoms with Crippen LogP contribution in [0.15, 0.2) is 24.7 Å². The van der Waals surface area contributed by atoms with E-state index in [-0.39, 0.29) is 24.2 Å². The lowest BCUT2D eigenvalue weighted by molar-refractivity contribution is 0.326. The van der Waals surface area contributed by atoms with E-state index in [4.69, 9.17) is 11.6 Å². The number of H-pyrrole nitrogens is 1. The highest BCUT2D eigenvalue weighted by Crippen LogP contribution is 2.28. The molecule has 1 saturated heterocycles. The minimum atomic E-state index is -3.30. The zero-order chi connectivity index (χ0) is 21.3. The molecule has 3 aromatic rings. The fourth-order valence-corrected chi connectivity index (χ4v) is 5.40. The summed E-state index contributed by atoms with van der Waals surface area (Å²) in [5.74, 6) is -0.115. The van der Waals surface area contributed by atoms with Crippen LogP contribution in [0.2, 0.25) is 5.02 Å². The first-order valence-corrected chi connectivity index (χ1v) is 11.8. The lowest BCUT2D eigenvalue weighted by Gasteiger charge is -2.32. The van der Waals surface area contributed by atoms with Gasteiger partial charge < -0.3 is 10.3 Å². The molecule has 1 atom stereocenters. The van der Waals surface area contributed by atoms with Crippen molar-refractivity contribution in [1.29, 1.82) is 0 Å². The number of aromatic nitrogens is 4. The van der Waals surface area contributed by atoms with Crippen LogP contribution in [0.5, 0.6) is 0 Å². The molecule has 0 unspecified atom stereocenters. The first-order chi connectivity index (χ1) is 14.4. The maximum absolute atomic E-state index is 14.4. The predicted octanol–water partition coefficient (Wildman–Crippen LogP) is 3.43. The van der Waals surface area contributed by atoms with Crippen LogP contribution in [0, 0.1) is 5.82 Å². The van der Waals surface area contributed by atoms with Gasteiger partial charge in [0, 0.05) is 42.5 Å². The lowest BCUT2D eigenvalue weighted by atomic mass is 10.1. The normalized spacial score (nSPS) is 18.0. The summed E-state index contributed by atoms with van der Waals surface area (Å²) in [5, 5.41) is 4.27. The summed E-state index contributed by atoms with van der Waals surface area (Å²) >= 11 is 6.05. The van der Waals surface area contributed by atoms with Crippen molar-refractivity contribution in [2.45, 2.75) is 32.2 Å². The van der Waals surface area contributed by atoms with E-state index < -0.39 is 15.8 Å². The van der Waals surface area contributed by atoms with Gasteiger partial charge >= 0.3 is 0 Å².